The van der Waals surface area contributed by atoms with Gasteiger partial charge >= 0.3 is 5.97 Å². The molecule has 0 aliphatic heterocycles. The number of hydrogen-bond acceptors (Lipinski definition) is 7. The lowest BCUT2D eigenvalue weighted by Crippen LogP contribution is -2.42. The van der Waals surface area contributed by atoms with Gasteiger partial charge in [0.1, 0.15) is 5.75 Å². The summed E-state index contributed by atoms with van der Waals surface area (Å²) < 4.78 is 18.6. The molecule has 0 fully saturated rings. The van der Waals surface area contributed by atoms with Gasteiger partial charge < -0.3 is 19.1 Å². The van der Waals surface area contributed by atoms with E-state index in [4.69, 9.17) is 14.2 Å². The zero-order chi connectivity index (χ0) is 35.2. The van der Waals surface area contributed by atoms with Crippen LogP contribution in [0.25, 0.3) is 5.70 Å². The zero-order valence-corrected chi connectivity index (χ0v) is 31.6. The number of carbonyl (C=O) groups is 1. The number of aryl methyl sites for hydroxylation is 4. The molecule has 8 nitrogen and oxygen atoms in total. The molecule has 1 heterocycles. The summed E-state index contributed by atoms with van der Waals surface area (Å²) in [7, 11) is 4.13. The summed E-state index contributed by atoms with van der Waals surface area (Å²) in [5, 5.41) is 8.00. The minimum atomic E-state index is -0.971. The van der Waals surface area contributed by atoms with E-state index in [2.05, 4.69) is 83.0 Å². The van der Waals surface area contributed by atoms with Crippen molar-refractivity contribution in [3.05, 3.63) is 58.4 Å². The van der Waals surface area contributed by atoms with Crippen molar-refractivity contribution in [1.29, 1.82) is 0 Å². The van der Waals surface area contributed by atoms with Crippen molar-refractivity contribution >= 4 is 11.7 Å². The Bertz CT molecular complexity index is 1220. The first-order valence-electron chi connectivity index (χ1n) is 16.2. The Balaban J connectivity index is 0.000000643. The molecule has 1 aromatic carbocycles. The first-order chi connectivity index (χ1) is 20.7. The lowest BCUT2D eigenvalue weighted by molar-refractivity contribution is -0.158. The van der Waals surface area contributed by atoms with Gasteiger partial charge in [-0.3, -0.25) is 0 Å². The Morgan fingerprint density at radius 3 is 1.87 bits per heavy atom. The molecule has 2 aromatic rings. The normalized spacial score (nSPS) is 13.2. The highest BCUT2D eigenvalue weighted by molar-refractivity contribution is 5.79. The zero-order valence-electron chi connectivity index (χ0n) is 31.6. The van der Waals surface area contributed by atoms with Crippen LogP contribution in [0, 0.1) is 27.7 Å². The second-order valence-corrected chi connectivity index (χ2v) is 13.7. The van der Waals surface area contributed by atoms with Gasteiger partial charge in [0, 0.05) is 12.2 Å². The fraction of sp³-hybridized carbons (Fsp3) is 0.649. The summed E-state index contributed by atoms with van der Waals surface area (Å²) in [5.41, 5.74) is 5.78. The predicted octanol–water partition coefficient (Wildman–Crippen LogP) is 8.67. The van der Waals surface area contributed by atoms with Crippen LogP contribution in [0.3, 0.4) is 0 Å². The summed E-state index contributed by atoms with van der Waals surface area (Å²) >= 11 is 0. The Hall–Kier alpha value is -2.97. The van der Waals surface area contributed by atoms with Crippen molar-refractivity contribution < 1.29 is 19.0 Å². The number of rotatable bonds is 8. The van der Waals surface area contributed by atoms with Crippen molar-refractivity contribution in [1.82, 2.24) is 19.9 Å². The van der Waals surface area contributed by atoms with Crippen molar-refractivity contribution in [3.8, 4) is 5.75 Å². The van der Waals surface area contributed by atoms with Gasteiger partial charge in [-0.2, -0.15) is 0 Å². The Morgan fingerprint density at radius 1 is 0.911 bits per heavy atom. The fourth-order valence-electron chi connectivity index (χ4n) is 4.96. The lowest BCUT2D eigenvalue weighted by atomic mass is 10.0. The molecule has 0 radical (unpaired) electrons. The average molecular weight is 629 g/mol. The fourth-order valence-corrected chi connectivity index (χ4v) is 4.96. The summed E-state index contributed by atoms with van der Waals surface area (Å²) in [4.78, 5) is 14.0. The van der Waals surface area contributed by atoms with Crippen LogP contribution >= 0.6 is 0 Å². The minimum absolute atomic E-state index is 0.0560. The number of allylic oxidation sites excluding steroid dienone is 4. The van der Waals surface area contributed by atoms with Crippen LogP contribution in [0.4, 0.5) is 0 Å². The molecule has 0 spiro atoms. The molecule has 0 atom stereocenters. The van der Waals surface area contributed by atoms with Gasteiger partial charge in [-0.05, 0) is 134 Å². The van der Waals surface area contributed by atoms with Gasteiger partial charge in [-0.1, -0.05) is 48.4 Å². The van der Waals surface area contributed by atoms with E-state index in [0.717, 1.165) is 42.0 Å². The summed E-state index contributed by atoms with van der Waals surface area (Å²) in [6, 6.07) is 4.09. The number of benzene rings is 1. The van der Waals surface area contributed by atoms with E-state index in [-0.39, 0.29) is 17.2 Å². The highest BCUT2D eigenvalue weighted by Crippen LogP contribution is 2.29. The van der Waals surface area contributed by atoms with Crippen molar-refractivity contribution in [3.63, 3.8) is 0 Å². The molecular weight excluding hydrogens is 564 g/mol. The first kappa shape index (κ1) is 42.0. The second kappa shape index (κ2) is 18.9. The number of likely N-dealkylation sites (N-methyl/N-ethyl adjacent to an activating group) is 1. The van der Waals surface area contributed by atoms with Crippen LogP contribution in [-0.2, 0) is 14.3 Å². The van der Waals surface area contributed by atoms with E-state index in [1.54, 1.807) is 20.8 Å². The number of carbonyl (C=O) groups excluding carboxylic acids is 1. The second-order valence-electron chi connectivity index (χ2n) is 13.7. The molecule has 0 bridgehead atoms. The summed E-state index contributed by atoms with van der Waals surface area (Å²) in [5.74, 6) is 0.419. The monoisotopic (exact) mass is 628 g/mol. The van der Waals surface area contributed by atoms with E-state index in [0.29, 0.717) is 6.61 Å². The number of ether oxygens (including phenoxy) is 3. The predicted molar refractivity (Wildman–Crippen MR) is 189 cm³/mol. The Morgan fingerprint density at radius 2 is 1.47 bits per heavy atom. The molecule has 1 aliphatic carbocycles. The van der Waals surface area contributed by atoms with Crippen molar-refractivity contribution in [2.75, 3.05) is 27.2 Å². The standard InChI is InChI=1S/C15H22O3.C10H13N3.C10H23NO.C2H6/c1-7-17-14(16)15(5,6)18-13-11(3)8-10(2)9-12(13)4;1-8-3-5-10(6-4-8)13-7-9(2)11-12-13;1-9(2,3)12-10(4,5)8-11(6)7;1-2/h8-9H,7H2,1-6H3;3,5,7H,4,6H2,1-2H3;8H2,1-7H3;1-2H3. The van der Waals surface area contributed by atoms with Crippen LogP contribution in [-0.4, -0.2) is 69.9 Å². The van der Waals surface area contributed by atoms with Gasteiger partial charge in [0.25, 0.3) is 0 Å². The highest BCUT2D eigenvalue weighted by atomic mass is 16.6. The third-order valence-corrected chi connectivity index (χ3v) is 6.25. The van der Waals surface area contributed by atoms with E-state index >= 15 is 0 Å². The molecule has 256 valence electrons. The van der Waals surface area contributed by atoms with Gasteiger partial charge in [-0.25, -0.2) is 9.48 Å². The molecule has 3 rings (SSSR count). The third-order valence-electron chi connectivity index (χ3n) is 6.25. The summed E-state index contributed by atoms with van der Waals surface area (Å²) in [6.45, 7) is 31.2. The quantitative estimate of drug-likeness (QED) is 0.271. The SMILES string of the molecule is CC.CC1=CC=C(n2cc(C)nn2)CC1.CCOC(=O)C(C)(C)Oc1c(C)cc(C)cc1C.CN(C)CC(C)(C)OC(C)(C)C. The molecule has 0 saturated carbocycles. The van der Waals surface area contributed by atoms with Crippen molar-refractivity contribution in [2.45, 2.75) is 134 Å². The highest BCUT2D eigenvalue weighted by Gasteiger charge is 2.32. The molecule has 0 N–H and O–H groups in total. The number of hydrogen-bond donors (Lipinski definition) is 0. The van der Waals surface area contributed by atoms with E-state index in [9.17, 15) is 4.79 Å². The van der Waals surface area contributed by atoms with Crippen LogP contribution in [0.1, 0.15) is 111 Å². The van der Waals surface area contributed by atoms with Crippen molar-refractivity contribution in [2.24, 2.45) is 0 Å². The average Bonchev–Trinajstić information content (AvgIpc) is 3.33. The Labute approximate surface area is 275 Å². The maximum absolute atomic E-state index is 11.8. The maximum atomic E-state index is 11.8. The smallest absolute Gasteiger partial charge is 0.349 e. The van der Waals surface area contributed by atoms with E-state index in [1.165, 1.54) is 16.8 Å². The largest absolute Gasteiger partial charge is 0.476 e. The lowest BCUT2D eigenvalue weighted by Gasteiger charge is -2.35. The van der Waals surface area contributed by atoms with Crippen LogP contribution < -0.4 is 4.74 Å². The van der Waals surface area contributed by atoms with Crippen LogP contribution in [0.2, 0.25) is 0 Å². The molecular formula is C37H64N4O4. The summed E-state index contributed by atoms with van der Waals surface area (Å²) in [6.07, 6.45) is 8.42. The van der Waals surface area contributed by atoms with E-state index in [1.807, 2.05) is 64.6 Å². The van der Waals surface area contributed by atoms with E-state index < -0.39 is 5.60 Å². The number of esters is 1. The van der Waals surface area contributed by atoms with Gasteiger partial charge in [0.05, 0.1) is 29.7 Å². The molecule has 45 heavy (non-hydrogen) atoms. The van der Waals surface area contributed by atoms with Gasteiger partial charge in [0.2, 0.25) is 0 Å². The molecule has 0 amide bonds. The molecule has 0 saturated heterocycles. The minimum Gasteiger partial charge on any atom is -0.476 e. The number of nitrogens with zero attached hydrogens (tertiary/aromatic N) is 4. The van der Waals surface area contributed by atoms with Gasteiger partial charge in [0.15, 0.2) is 5.60 Å². The maximum Gasteiger partial charge on any atom is 0.349 e. The third kappa shape index (κ3) is 16.8. The first-order valence-corrected chi connectivity index (χ1v) is 16.2. The number of aromatic nitrogens is 3. The van der Waals surface area contributed by atoms with Crippen LogP contribution in [0.5, 0.6) is 5.75 Å². The Kier molecular flexibility index (Phi) is 17.6. The molecule has 8 heteroatoms. The topological polar surface area (TPSA) is 78.7 Å². The molecule has 1 aromatic heterocycles. The molecule has 1 aliphatic rings. The molecule has 0 unspecified atom stereocenters. The van der Waals surface area contributed by atoms with Gasteiger partial charge in [-0.15, -0.1) is 5.10 Å². The van der Waals surface area contributed by atoms with Crippen LogP contribution in [0.15, 0.2) is 36.1 Å².